The minimum absolute atomic E-state index is 0.0521. The Morgan fingerprint density at radius 3 is 3.03 bits per heavy atom. The normalized spacial score (nSPS) is 16.6. The summed E-state index contributed by atoms with van der Waals surface area (Å²) >= 11 is 4.78. The first kappa shape index (κ1) is 19.9. The molecule has 0 N–H and O–H groups in total. The molecule has 0 saturated carbocycles. The summed E-state index contributed by atoms with van der Waals surface area (Å²) in [7, 11) is 0. The molecule has 30 heavy (non-hydrogen) atoms. The first-order valence-corrected chi connectivity index (χ1v) is 12.7. The highest BCUT2D eigenvalue weighted by Gasteiger charge is 2.22. The standard InChI is InChI=1S/C20H21N5O2S3/c1-2-16-8-13(11-29-16)18-22-23-20(25(18)10-15-4-3-6-27-15)30-12-14-9-17(26)24-5-7-28-19(24)21-14/h5,7-9,11,15H,2-4,6,10,12H2,1H3. The summed E-state index contributed by atoms with van der Waals surface area (Å²) in [5.74, 6) is 1.45. The SMILES string of the molecule is CCc1cc(-c2nnc(SCc3cc(=O)n4ccsc4n3)n2CC2CCCO2)cs1. The van der Waals surface area contributed by atoms with E-state index in [9.17, 15) is 4.79 Å². The van der Waals surface area contributed by atoms with Gasteiger partial charge in [0, 0.05) is 45.8 Å². The lowest BCUT2D eigenvalue weighted by Gasteiger charge is -2.14. The van der Waals surface area contributed by atoms with Crippen LogP contribution < -0.4 is 5.56 Å². The zero-order chi connectivity index (χ0) is 20.5. The predicted molar refractivity (Wildman–Crippen MR) is 121 cm³/mol. The minimum Gasteiger partial charge on any atom is -0.376 e. The van der Waals surface area contributed by atoms with Crippen molar-refractivity contribution in [3.8, 4) is 11.4 Å². The molecule has 10 heteroatoms. The molecular weight excluding hydrogens is 438 g/mol. The number of rotatable bonds is 7. The van der Waals surface area contributed by atoms with E-state index in [1.54, 1.807) is 39.8 Å². The Balaban J connectivity index is 1.43. The fourth-order valence-electron chi connectivity index (χ4n) is 3.55. The largest absolute Gasteiger partial charge is 0.376 e. The number of thiazole rings is 1. The molecule has 1 unspecified atom stereocenters. The van der Waals surface area contributed by atoms with Crippen LogP contribution in [-0.2, 0) is 23.5 Å². The van der Waals surface area contributed by atoms with Gasteiger partial charge in [-0.25, -0.2) is 4.98 Å². The van der Waals surface area contributed by atoms with Gasteiger partial charge in [0.2, 0.25) is 0 Å². The Morgan fingerprint density at radius 1 is 1.30 bits per heavy atom. The van der Waals surface area contributed by atoms with Crippen LogP contribution in [0.3, 0.4) is 0 Å². The average Bonchev–Trinajstić information content (AvgIpc) is 3.53. The summed E-state index contributed by atoms with van der Waals surface area (Å²) in [6, 6.07) is 3.79. The fraction of sp³-hybridized carbons (Fsp3) is 0.400. The van der Waals surface area contributed by atoms with Crippen LogP contribution in [0.15, 0.2) is 39.0 Å². The number of hydrogen-bond acceptors (Lipinski definition) is 8. The van der Waals surface area contributed by atoms with E-state index in [1.165, 1.54) is 16.2 Å². The first-order chi connectivity index (χ1) is 14.7. The van der Waals surface area contributed by atoms with E-state index >= 15 is 0 Å². The van der Waals surface area contributed by atoms with Gasteiger partial charge in [-0.15, -0.1) is 32.9 Å². The van der Waals surface area contributed by atoms with Crippen molar-refractivity contribution in [1.29, 1.82) is 0 Å². The fourth-order valence-corrected chi connectivity index (χ4v) is 5.94. The third kappa shape index (κ3) is 3.96. The van der Waals surface area contributed by atoms with Crippen LogP contribution in [-0.4, -0.2) is 36.9 Å². The van der Waals surface area contributed by atoms with Crippen molar-refractivity contribution >= 4 is 39.4 Å². The number of nitrogens with zero attached hydrogens (tertiary/aromatic N) is 5. The monoisotopic (exact) mass is 459 g/mol. The maximum atomic E-state index is 12.3. The van der Waals surface area contributed by atoms with Gasteiger partial charge >= 0.3 is 0 Å². The molecule has 1 aliphatic rings. The van der Waals surface area contributed by atoms with Crippen LogP contribution in [0.4, 0.5) is 0 Å². The van der Waals surface area contributed by atoms with Gasteiger partial charge in [0.15, 0.2) is 15.9 Å². The molecule has 5 heterocycles. The van der Waals surface area contributed by atoms with E-state index < -0.39 is 0 Å². The van der Waals surface area contributed by atoms with Crippen LogP contribution in [0.1, 0.15) is 30.3 Å². The van der Waals surface area contributed by atoms with Crippen molar-refractivity contribution in [2.24, 2.45) is 0 Å². The summed E-state index contributed by atoms with van der Waals surface area (Å²) in [6.45, 7) is 3.72. The molecule has 1 saturated heterocycles. The van der Waals surface area contributed by atoms with E-state index in [4.69, 9.17) is 4.74 Å². The zero-order valence-corrected chi connectivity index (χ0v) is 18.9. The van der Waals surface area contributed by atoms with E-state index in [0.29, 0.717) is 10.7 Å². The Morgan fingerprint density at radius 2 is 2.23 bits per heavy atom. The molecule has 0 aromatic carbocycles. The molecular formula is C20H21N5O2S3. The zero-order valence-electron chi connectivity index (χ0n) is 16.5. The molecule has 0 amide bonds. The first-order valence-electron chi connectivity index (χ1n) is 9.92. The quantitative estimate of drug-likeness (QED) is 0.387. The highest BCUT2D eigenvalue weighted by Crippen LogP contribution is 2.30. The summed E-state index contributed by atoms with van der Waals surface area (Å²) in [5.41, 5.74) is 1.80. The third-order valence-corrected chi connectivity index (χ3v) is 7.93. The van der Waals surface area contributed by atoms with Gasteiger partial charge in [-0.3, -0.25) is 13.8 Å². The van der Waals surface area contributed by atoms with E-state index in [2.05, 4.69) is 38.1 Å². The number of aromatic nitrogens is 5. The Labute approximate surface area is 185 Å². The number of ether oxygens (including phenoxy) is 1. The second-order valence-corrected chi connectivity index (χ2v) is 9.95. The average molecular weight is 460 g/mol. The number of thioether (sulfide) groups is 1. The number of hydrogen-bond donors (Lipinski definition) is 0. The summed E-state index contributed by atoms with van der Waals surface area (Å²) in [5, 5.41) is 13.8. The van der Waals surface area contributed by atoms with Crippen LogP contribution >= 0.6 is 34.4 Å². The van der Waals surface area contributed by atoms with Crippen molar-refractivity contribution in [2.45, 2.75) is 49.7 Å². The second kappa shape index (κ2) is 8.62. The van der Waals surface area contributed by atoms with Gasteiger partial charge in [-0.2, -0.15) is 0 Å². The van der Waals surface area contributed by atoms with E-state index in [0.717, 1.165) is 54.7 Å². The number of fused-ring (bicyclic) bond motifs is 1. The number of thiophene rings is 1. The van der Waals surface area contributed by atoms with Crippen molar-refractivity contribution in [1.82, 2.24) is 24.1 Å². The molecule has 0 radical (unpaired) electrons. The van der Waals surface area contributed by atoms with Gasteiger partial charge in [-0.1, -0.05) is 18.7 Å². The van der Waals surface area contributed by atoms with E-state index in [1.807, 2.05) is 5.38 Å². The smallest absolute Gasteiger partial charge is 0.258 e. The van der Waals surface area contributed by atoms with E-state index in [-0.39, 0.29) is 11.7 Å². The Bertz CT molecular complexity index is 1220. The third-order valence-electron chi connectivity index (χ3n) is 5.09. The Hall–Kier alpha value is -2.01. The maximum absolute atomic E-state index is 12.3. The molecule has 156 valence electrons. The molecule has 0 aliphatic carbocycles. The van der Waals surface area contributed by atoms with Crippen molar-refractivity contribution in [3.63, 3.8) is 0 Å². The van der Waals surface area contributed by atoms with Crippen LogP contribution in [0.25, 0.3) is 16.3 Å². The highest BCUT2D eigenvalue weighted by molar-refractivity contribution is 7.98. The van der Waals surface area contributed by atoms with Gasteiger partial charge in [0.05, 0.1) is 18.3 Å². The lowest BCUT2D eigenvalue weighted by atomic mass is 10.2. The highest BCUT2D eigenvalue weighted by atomic mass is 32.2. The summed E-state index contributed by atoms with van der Waals surface area (Å²) in [4.78, 5) is 18.9. The van der Waals surface area contributed by atoms with Gasteiger partial charge < -0.3 is 4.74 Å². The lowest BCUT2D eigenvalue weighted by molar-refractivity contribution is 0.0953. The molecule has 5 rings (SSSR count). The predicted octanol–water partition coefficient (Wildman–Crippen LogP) is 4.11. The molecule has 4 aromatic heterocycles. The second-order valence-electron chi connectivity index (χ2n) is 7.14. The van der Waals surface area contributed by atoms with Gasteiger partial charge in [0.1, 0.15) is 0 Å². The van der Waals surface area contributed by atoms with Crippen molar-refractivity contribution in [2.75, 3.05) is 6.61 Å². The summed E-state index contributed by atoms with van der Waals surface area (Å²) < 4.78 is 9.61. The van der Waals surface area contributed by atoms with Crippen molar-refractivity contribution < 1.29 is 4.74 Å². The summed E-state index contributed by atoms with van der Waals surface area (Å²) in [6.07, 6.45) is 5.10. The molecule has 1 atom stereocenters. The lowest BCUT2D eigenvalue weighted by Crippen LogP contribution is -2.16. The molecule has 7 nitrogen and oxygen atoms in total. The molecule has 1 fully saturated rings. The van der Waals surface area contributed by atoms with Crippen molar-refractivity contribution in [3.05, 3.63) is 50.0 Å². The molecule has 0 spiro atoms. The minimum atomic E-state index is -0.0521. The van der Waals surface area contributed by atoms with Crippen LogP contribution in [0.5, 0.6) is 0 Å². The van der Waals surface area contributed by atoms with Crippen LogP contribution in [0.2, 0.25) is 0 Å². The topological polar surface area (TPSA) is 74.3 Å². The Kier molecular flexibility index (Phi) is 5.72. The number of aryl methyl sites for hydroxylation is 1. The van der Waals surface area contributed by atoms with Crippen LogP contribution in [0, 0.1) is 0 Å². The molecule has 4 aromatic rings. The molecule has 1 aliphatic heterocycles. The van der Waals surface area contributed by atoms with Gasteiger partial charge in [0.25, 0.3) is 5.56 Å². The van der Waals surface area contributed by atoms with Gasteiger partial charge in [-0.05, 0) is 25.3 Å². The maximum Gasteiger partial charge on any atom is 0.258 e. The molecule has 0 bridgehead atoms.